The molecule has 28 heavy (non-hydrogen) atoms. The minimum Gasteiger partial charge on any atom is -0.350 e. The Balaban J connectivity index is 0.00000392. The number of nitrogens with one attached hydrogen (secondary N) is 3. The summed E-state index contributed by atoms with van der Waals surface area (Å²) in [5, 5.41) is 6.03. The summed E-state index contributed by atoms with van der Waals surface area (Å²) in [5.41, 5.74) is 1.78. The van der Waals surface area contributed by atoms with E-state index in [9.17, 15) is 13.2 Å². The number of sulfonamides is 1. The summed E-state index contributed by atoms with van der Waals surface area (Å²) in [6.45, 7) is 7.16. The number of hydrogen-bond donors (Lipinski definition) is 3. The van der Waals surface area contributed by atoms with Crippen molar-refractivity contribution in [3.63, 3.8) is 0 Å². The van der Waals surface area contributed by atoms with E-state index in [0.29, 0.717) is 17.7 Å². The number of rotatable bonds is 9. The van der Waals surface area contributed by atoms with Gasteiger partial charge in [-0.05, 0) is 43.7 Å². The van der Waals surface area contributed by atoms with Crippen LogP contribution in [-0.2, 0) is 16.6 Å². The van der Waals surface area contributed by atoms with Crippen molar-refractivity contribution in [2.75, 3.05) is 13.1 Å². The molecule has 154 valence electrons. The first kappa shape index (κ1) is 24.1. The highest BCUT2D eigenvalue weighted by atomic mass is 35.5. The summed E-state index contributed by atoms with van der Waals surface area (Å²) >= 11 is 0. The number of benzene rings is 2. The number of carbonyl (C=O) groups excluding carboxylic acids is 1. The summed E-state index contributed by atoms with van der Waals surface area (Å²) < 4.78 is 28.0. The molecule has 0 heterocycles. The molecule has 0 spiro atoms. The van der Waals surface area contributed by atoms with E-state index in [1.807, 2.05) is 44.2 Å². The first-order valence-electron chi connectivity index (χ1n) is 8.99. The van der Waals surface area contributed by atoms with Crippen LogP contribution < -0.4 is 15.4 Å². The largest absolute Gasteiger partial charge is 0.350 e. The maximum absolute atomic E-state index is 12.7. The van der Waals surface area contributed by atoms with Crippen molar-refractivity contribution in [3.8, 4) is 0 Å². The van der Waals surface area contributed by atoms with E-state index in [2.05, 4.69) is 15.4 Å². The van der Waals surface area contributed by atoms with Gasteiger partial charge in [0.2, 0.25) is 10.0 Å². The second-order valence-corrected chi connectivity index (χ2v) is 8.19. The predicted octanol–water partition coefficient (Wildman–Crippen LogP) is 2.62. The van der Waals surface area contributed by atoms with Gasteiger partial charge in [0.1, 0.15) is 0 Å². The van der Waals surface area contributed by atoms with Crippen LogP contribution in [0, 0.1) is 6.92 Å². The topological polar surface area (TPSA) is 87.3 Å². The van der Waals surface area contributed by atoms with Crippen molar-refractivity contribution >= 4 is 28.3 Å². The SMILES string of the molecule is CCN[C@H](C)CNC(=O)c1ccc(C)c(S(=O)(=O)NCc2ccccc2)c1.Cl. The van der Waals surface area contributed by atoms with E-state index in [1.54, 1.807) is 19.1 Å². The highest BCUT2D eigenvalue weighted by Gasteiger charge is 2.19. The lowest BCUT2D eigenvalue weighted by atomic mass is 10.1. The molecule has 0 fully saturated rings. The van der Waals surface area contributed by atoms with E-state index in [-0.39, 0.29) is 35.8 Å². The van der Waals surface area contributed by atoms with E-state index in [1.165, 1.54) is 6.07 Å². The van der Waals surface area contributed by atoms with Gasteiger partial charge in [-0.1, -0.05) is 43.3 Å². The van der Waals surface area contributed by atoms with Crippen molar-refractivity contribution in [1.82, 2.24) is 15.4 Å². The quantitative estimate of drug-likeness (QED) is 0.576. The molecule has 0 aliphatic carbocycles. The molecule has 0 unspecified atom stereocenters. The Kier molecular flexibility index (Phi) is 9.61. The van der Waals surface area contributed by atoms with E-state index in [0.717, 1.165) is 12.1 Å². The molecule has 2 aromatic carbocycles. The summed E-state index contributed by atoms with van der Waals surface area (Å²) in [6.07, 6.45) is 0. The number of likely N-dealkylation sites (N-methyl/N-ethyl adjacent to an activating group) is 1. The fraction of sp³-hybridized carbons (Fsp3) is 0.350. The number of aryl methyl sites for hydroxylation is 1. The van der Waals surface area contributed by atoms with Crippen LogP contribution in [0.15, 0.2) is 53.4 Å². The van der Waals surface area contributed by atoms with Crippen LogP contribution in [0.3, 0.4) is 0 Å². The molecule has 0 radical (unpaired) electrons. The zero-order chi connectivity index (χ0) is 19.9. The average molecular weight is 426 g/mol. The van der Waals surface area contributed by atoms with Crippen LogP contribution in [0.2, 0.25) is 0 Å². The molecular weight excluding hydrogens is 398 g/mol. The Morgan fingerprint density at radius 1 is 1.11 bits per heavy atom. The third-order valence-electron chi connectivity index (χ3n) is 4.17. The van der Waals surface area contributed by atoms with Crippen LogP contribution in [0.1, 0.15) is 35.3 Å². The van der Waals surface area contributed by atoms with Crippen LogP contribution >= 0.6 is 12.4 Å². The molecular formula is C20H28ClN3O3S. The standard InChI is InChI=1S/C20H27N3O3S.ClH/c1-4-21-16(3)13-22-20(24)18-11-10-15(2)19(12-18)27(25,26)23-14-17-8-6-5-7-9-17;/h5-12,16,21,23H,4,13-14H2,1-3H3,(H,22,24);1H/t16-;/m1./s1. The average Bonchev–Trinajstić information content (AvgIpc) is 2.66. The summed E-state index contributed by atoms with van der Waals surface area (Å²) in [4.78, 5) is 12.5. The van der Waals surface area contributed by atoms with Crippen molar-refractivity contribution in [2.24, 2.45) is 0 Å². The maximum Gasteiger partial charge on any atom is 0.251 e. The van der Waals surface area contributed by atoms with E-state index < -0.39 is 10.0 Å². The Hall–Kier alpha value is -1.93. The molecule has 0 aromatic heterocycles. The van der Waals surface area contributed by atoms with Gasteiger partial charge >= 0.3 is 0 Å². The fourth-order valence-electron chi connectivity index (χ4n) is 2.65. The van der Waals surface area contributed by atoms with E-state index in [4.69, 9.17) is 0 Å². The maximum atomic E-state index is 12.7. The van der Waals surface area contributed by atoms with Gasteiger partial charge in [-0.25, -0.2) is 13.1 Å². The highest BCUT2D eigenvalue weighted by molar-refractivity contribution is 7.89. The molecule has 8 heteroatoms. The minimum atomic E-state index is -3.73. The number of amides is 1. The van der Waals surface area contributed by atoms with Gasteiger partial charge < -0.3 is 10.6 Å². The molecule has 0 saturated carbocycles. The molecule has 3 N–H and O–H groups in total. The molecule has 0 saturated heterocycles. The molecule has 0 aliphatic rings. The molecule has 2 rings (SSSR count). The van der Waals surface area contributed by atoms with Crippen molar-refractivity contribution < 1.29 is 13.2 Å². The number of hydrogen-bond acceptors (Lipinski definition) is 4. The van der Waals surface area contributed by atoms with Crippen LogP contribution in [-0.4, -0.2) is 33.5 Å². The van der Waals surface area contributed by atoms with Gasteiger partial charge in [-0.15, -0.1) is 12.4 Å². The van der Waals surface area contributed by atoms with Crippen LogP contribution in [0.5, 0.6) is 0 Å². The third kappa shape index (κ3) is 6.91. The van der Waals surface area contributed by atoms with Crippen molar-refractivity contribution in [1.29, 1.82) is 0 Å². The number of halogens is 1. The molecule has 2 aromatic rings. The van der Waals surface area contributed by atoms with Gasteiger partial charge in [0.25, 0.3) is 5.91 Å². The smallest absolute Gasteiger partial charge is 0.251 e. The predicted molar refractivity (Wildman–Crippen MR) is 114 cm³/mol. The van der Waals surface area contributed by atoms with Gasteiger partial charge in [0.05, 0.1) is 4.90 Å². The zero-order valence-electron chi connectivity index (χ0n) is 16.4. The normalized spacial score (nSPS) is 12.1. The Bertz CT molecular complexity index is 874. The zero-order valence-corrected chi connectivity index (χ0v) is 18.0. The lowest BCUT2D eigenvalue weighted by Gasteiger charge is -2.14. The van der Waals surface area contributed by atoms with Gasteiger partial charge in [0.15, 0.2) is 0 Å². The molecule has 0 bridgehead atoms. The molecule has 6 nitrogen and oxygen atoms in total. The van der Waals surface area contributed by atoms with Gasteiger partial charge in [0, 0.05) is 24.7 Å². The van der Waals surface area contributed by atoms with Crippen molar-refractivity contribution in [3.05, 3.63) is 65.2 Å². The summed E-state index contributed by atoms with van der Waals surface area (Å²) in [6, 6.07) is 14.1. The van der Waals surface area contributed by atoms with Crippen LogP contribution in [0.4, 0.5) is 0 Å². The van der Waals surface area contributed by atoms with Crippen LogP contribution in [0.25, 0.3) is 0 Å². The third-order valence-corrected chi connectivity index (χ3v) is 5.71. The Morgan fingerprint density at radius 3 is 2.43 bits per heavy atom. The second-order valence-electron chi connectivity index (χ2n) is 6.46. The number of carbonyl (C=O) groups is 1. The van der Waals surface area contributed by atoms with E-state index >= 15 is 0 Å². The Morgan fingerprint density at radius 2 is 1.79 bits per heavy atom. The first-order chi connectivity index (χ1) is 12.8. The van der Waals surface area contributed by atoms with Gasteiger partial charge in [-0.3, -0.25) is 4.79 Å². The summed E-state index contributed by atoms with van der Waals surface area (Å²) in [5.74, 6) is -0.292. The van der Waals surface area contributed by atoms with Crippen molar-refractivity contribution in [2.45, 2.75) is 38.3 Å². The highest BCUT2D eigenvalue weighted by Crippen LogP contribution is 2.17. The molecule has 0 aliphatic heterocycles. The van der Waals surface area contributed by atoms with Gasteiger partial charge in [-0.2, -0.15) is 0 Å². The lowest BCUT2D eigenvalue weighted by molar-refractivity contribution is 0.0950. The first-order valence-corrected chi connectivity index (χ1v) is 10.5. The second kappa shape index (κ2) is 11.2. The monoisotopic (exact) mass is 425 g/mol. The molecule has 1 amide bonds. The summed E-state index contributed by atoms with van der Waals surface area (Å²) in [7, 11) is -3.73. The Labute approximate surface area is 173 Å². The molecule has 1 atom stereocenters. The minimum absolute atomic E-state index is 0. The fourth-order valence-corrected chi connectivity index (χ4v) is 3.94. The lowest BCUT2D eigenvalue weighted by Crippen LogP contribution is -2.38.